The monoisotopic (exact) mass is 394 g/mol. The van der Waals surface area contributed by atoms with Gasteiger partial charge in [0.2, 0.25) is 0 Å². The molecule has 0 radical (unpaired) electrons. The first-order chi connectivity index (χ1) is 12.2. The topological polar surface area (TPSA) is 18.5 Å². The zero-order chi connectivity index (χ0) is 17.6. The average Bonchev–Trinajstić information content (AvgIpc) is 2.69. The van der Waals surface area contributed by atoms with Gasteiger partial charge in [-0.2, -0.15) is 0 Å². The molecule has 0 heterocycles. The van der Waals surface area contributed by atoms with E-state index < -0.39 is 0 Å². The third kappa shape index (κ3) is 3.94. The van der Waals surface area contributed by atoms with Gasteiger partial charge < -0.3 is 9.47 Å². The number of hydrogen-bond donors (Lipinski definition) is 0. The molecular weight excluding hydrogens is 376 g/mol. The first kappa shape index (κ1) is 17.3. The second-order valence-corrected chi connectivity index (χ2v) is 6.31. The van der Waals surface area contributed by atoms with Crippen LogP contribution in [0.15, 0.2) is 78.9 Å². The van der Waals surface area contributed by atoms with Gasteiger partial charge in [0.05, 0.1) is 14.2 Å². The van der Waals surface area contributed by atoms with Crippen LogP contribution < -0.4 is 9.47 Å². The van der Waals surface area contributed by atoms with Gasteiger partial charge in [0.25, 0.3) is 0 Å². The smallest absolute Gasteiger partial charge is 0.118 e. The molecule has 0 unspecified atom stereocenters. The van der Waals surface area contributed by atoms with Crippen molar-refractivity contribution < 1.29 is 9.47 Å². The fourth-order valence-electron chi connectivity index (χ4n) is 2.66. The second-order valence-electron chi connectivity index (χ2n) is 5.51. The second kappa shape index (κ2) is 8.04. The Kier molecular flexibility index (Phi) is 5.56. The molecule has 0 aliphatic carbocycles. The molecule has 0 saturated heterocycles. The fraction of sp³-hybridized carbons (Fsp3) is 0.0909. The minimum absolute atomic E-state index is 0.842. The maximum Gasteiger partial charge on any atom is 0.118 e. The molecule has 0 spiro atoms. The molecule has 25 heavy (non-hydrogen) atoms. The lowest BCUT2D eigenvalue weighted by atomic mass is 9.95. The highest BCUT2D eigenvalue weighted by Gasteiger charge is 2.12. The molecule has 3 heteroatoms. The van der Waals surface area contributed by atoms with Crippen LogP contribution in [0.25, 0.3) is 10.1 Å². The Morgan fingerprint density at radius 3 is 1.52 bits per heavy atom. The molecule has 0 aromatic heterocycles. The van der Waals surface area contributed by atoms with Crippen LogP contribution in [0.5, 0.6) is 11.5 Å². The van der Waals surface area contributed by atoms with Crippen LogP contribution in [0.2, 0.25) is 0 Å². The van der Waals surface area contributed by atoms with Gasteiger partial charge >= 0.3 is 0 Å². The Hall–Kier alpha value is -2.52. The van der Waals surface area contributed by atoms with Gasteiger partial charge in [-0.3, -0.25) is 0 Å². The molecule has 0 bridgehead atoms. The average molecular weight is 395 g/mol. The molecule has 0 atom stereocenters. The van der Waals surface area contributed by atoms with Crippen LogP contribution in [0.4, 0.5) is 0 Å². The maximum absolute atomic E-state index is 5.28. The van der Waals surface area contributed by atoms with Gasteiger partial charge in [-0.15, -0.1) is 0 Å². The number of rotatable bonds is 5. The van der Waals surface area contributed by atoms with E-state index in [1.807, 2.05) is 42.5 Å². The molecular formula is C22H19BrO2. The molecule has 0 saturated carbocycles. The molecule has 0 aliphatic heterocycles. The van der Waals surface area contributed by atoms with Crippen molar-refractivity contribution in [3.05, 3.63) is 95.6 Å². The molecule has 0 fully saturated rings. The molecule has 0 amide bonds. The van der Waals surface area contributed by atoms with Gasteiger partial charge in [0, 0.05) is 10.1 Å². The Morgan fingerprint density at radius 1 is 0.600 bits per heavy atom. The highest BCUT2D eigenvalue weighted by molar-refractivity contribution is 9.15. The van der Waals surface area contributed by atoms with E-state index in [0.717, 1.165) is 38.2 Å². The number of methoxy groups -OCH3 is 2. The van der Waals surface area contributed by atoms with Crippen LogP contribution in [0, 0.1) is 0 Å². The van der Waals surface area contributed by atoms with E-state index in [1.165, 1.54) is 0 Å². The summed E-state index contributed by atoms with van der Waals surface area (Å²) in [5.74, 6) is 1.69. The van der Waals surface area contributed by atoms with E-state index in [9.17, 15) is 0 Å². The first-order valence-electron chi connectivity index (χ1n) is 7.97. The standard InChI is InChI=1S/C22H19BrO2/c1-24-19-12-8-17(9-13-19)21(16-6-4-3-5-7-16)22(23)18-10-14-20(25-2)15-11-18/h3-15H,1-2H3/b22-21+. The van der Waals surface area contributed by atoms with Crippen molar-refractivity contribution in [2.24, 2.45) is 0 Å². The maximum atomic E-state index is 5.28. The molecule has 126 valence electrons. The molecule has 0 aliphatic rings. The summed E-state index contributed by atoms with van der Waals surface area (Å²) in [4.78, 5) is 0. The lowest BCUT2D eigenvalue weighted by molar-refractivity contribution is 0.414. The van der Waals surface area contributed by atoms with E-state index in [4.69, 9.17) is 9.47 Å². The van der Waals surface area contributed by atoms with Crippen LogP contribution in [-0.2, 0) is 0 Å². The third-order valence-corrected chi connectivity index (χ3v) is 4.86. The number of hydrogen-bond acceptors (Lipinski definition) is 2. The Bertz CT molecular complexity index is 851. The highest BCUT2D eigenvalue weighted by atomic mass is 79.9. The van der Waals surface area contributed by atoms with Crippen molar-refractivity contribution in [2.45, 2.75) is 0 Å². The molecule has 0 N–H and O–H groups in total. The van der Waals surface area contributed by atoms with Crippen molar-refractivity contribution in [1.82, 2.24) is 0 Å². The lowest BCUT2D eigenvalue weighted by Crippen LogP contribution is -1.92. The van der Waals surface area contributed by atoms with Gasteiger partial charge in [-0.1, -0.05) is 54.6 Å². The van der Waals surface area contributed by atoms with Crippen molar-refractivity contribution in [2.75, 3.05) is 14.2 Å². The summed E-state index contributed by atoms with van der Waals surface area (Å²) in [6.45, 7) is 0. The first-order valence-corrected chi connectivity index (χ1v) is 8.76. The minimum Gasteiger partial charge on any atom is -0.497 e. The summed E-state index contributed by atoms with van der Waals surface area (Å²) in [6, 6.07) is 26.5. The van der Waals surface area contributed by atoms with E-state index >= 15 is 0 Å². The van der Waals surface area contributed by atoms with Gasteiger partial charge in [-0.05, 0) is 56.9 Å². The van der Waals surface area contributed by atoms with Crippen molar-refractivity contribution >= 4 is 26.0 Å². The van der Waals surface area contributed by atoms with Gasteiger partial charge in [0.15, 0.2) is 0 Å². The Balaban J connectivity index is 2.14. The Labute approximate surface area is 156 Å². The van der Waals surface area contributed by atoms with E-state index in [2.05, 4.69) is 52.3 Å². The van der Waals surface area contributed by atoms with Crippen LogP contribution in [0.3, 0.4) is 0 Å². The minimum atomic E-state index is 0.842. The van der Waals surface area contributed by atoms with Crippen LogP contribution in [0.1, 0.15) is 16.7 Å². The summed E-state index contributed by atoms with van der Waals surface area (Å²) in [6.07, 6.45) is 0. The third-order valence-electron chi connectivity index (χ3n) is 4.00. The molecule has 3 aromatic carbocycles. The largest absolute Gasteiger partial charge is 0.497 e. The molecule has 3 aromatic rings. The SMILES string of the molecule is COc1ccc(/C(Br)=C(/c2ccccc2)c2ccc(OC)cc2)cc1. The van der Waals surface area contributed by atoms with Crippen molar-refractivity contribution in [1.29, 1.82) is 0 Å². The normalized spacial score (nSPS) is 11.6. The predicted molar refractivity (Wildman–Crippen MR) is 107 cm³/mol. The highest BCUT2D eigenvalue weighted by Crippen LogP contribution is 2.37. The van der Waals surface area contributed by atoms with Gasteiger partial charge in [-0.25, -0.2) is 0 Å². The van der Waals surface area contributed by atoms with E-state index in [0.29, 0.717) is 0 Å². The van der Waals surface area contributed by atoms with E-state index in [1.54, 1.807) is 14.2 Å². The molecule has 3 rings (SSSR count). The van der Waals surface area contributed by atoms with Crippen LogP contribution in [-0.4, -0.2) is 14.2 Å². The van der Waals surface area contributed by atoms with Crippen molar-refractivity contribution in [3.8, 4) is 11.5 Å². The predicted octanol–water partition coefficient (Wildman–Crippen LogP) is 6.02. The van der Waals surface area contributed by atoms with Gasteiger partial charge in [0.1, 0.15) is 11.5 Å². The summed E-state index contributed by atoms with van der Waals surface area (Å²) in [7, 11) is 3.35. The quantitative estimate of drug-likeness (QED) is 0.492. The number of benzene rings is 3. The van der Waals surface area contributed by atoms with Crippen LogP contribution >= 0.6 is 15.9 Å². The zero-order valence-electron chi connectivity index (χ0n) is 14.2. The van der Waals surface area contributed by atoms with E-state index in [-0.39, 0.29) is 0 Å². The summed E-state index contributed by atoms with van der Waals surface area (Å²) < 4.78 is 11.6. The summed E-state index contributed by atoms with van der Waals surface area (Å²) >= 11 is 3.82. The number of ether oxygens (including phenoxy) is 2. The Morgan fingerprint density at radius 2 is 1.04 bits per heavy atom. The van der Waals surface area contributed by atoms with Crippen molar-refractivity contribution in [3.63, 3.8) is 0 Å². The summed E-state index contributed by atoms with van der Waals surface area (Å²) in [5, 5.41) is 0. The lowest BCUT2D eigenvalue weighted by Gasteiger charge is -2.14. The fourth-order valence-corrected chi connectivity index (χ4v) is 3.39. The number of halogens is 1. The zero-order valence-corrected chi connectivity index (χ0v) is 15.8. The summed E-state index contributed by atoms with van der Waals surface area (Å²) in [5.41, 5.74) is 4.49. The molecule has 2 nitrogen and oxygen atoms in total.